The number of rotatable bonds is 8. The van der Waals surface area contributed by atoms with Crippen LogP contribution in [0.25, 0.3) is 0 Å². The normalized spacial score (nSPS) is 14.4. The van der Waals surface area contributed by atoms with E-state index in [1.165, 1.54) is 22.3 Å². The summed E-state index contributed by atoms with van der Waals surface area (Å²) < 4.78 is 7.66. The van der Waals surface area contributed by atoms with Gasteiger partial charge >= 0.3 is 0 Å². The largest absolute Gasteiger partial charge is 0.379 e. The van der Waals surface area contributed by atoms with Crippen molar-refractivity contribution >= 4 is 5.91 Å². The third-order valence-electron chi connectivity index (χ3n) is 6.68. The van der Waals surface area contributed by atoms with Crippen molar-refractivity contribution in [1.82, 2.24) is 19.4 Å². The topological polar surface area (TPSA) is 50.6 Å². The molecule has 0 N–H and O–H groups in total. The highest BCUT2D eigenvalue weighted by Gasteiger charge is 2.21. The summed E-state index contributed by atoms with van der Waals surface area (Å²) >= 11 is 0. The number of hydrogen-bond acceptors (Lipinski definition) is 4. The molecule has 1 aromatic heterocycles. The Morgan fingerprint density at radius 2 is 1.68 bits per heavy atom. The van der Waals surface area contributed by atoms with E-state index in [4.69, 9.17) is 4.74 Å². The zero-order chi connectivity index (χ0) is 24.1. The van der Waals surface area contributed by atoms with Crippen LogP contribution >= 0.6 is 0 Å². The van der Waals surface area contributed by atoms with Crippen LogP contribution in [0.1, 0.15) is 44.0 Å². The minimum atomic E-state index is 0.0468. The van der Waals surface area contributed by atoms with E-state index >= 15 is 0 Å². The Hall–Kier alpha value is -2.96. The third kappa shape index (κ3) is 5.93. The van der Waals surface area contributed by atoms with E-state index in [-0.39, 0.29) is 5.91 Å². The van der Waals surface area contributed by atoms with Crippen molar-refractivity contribution in [3.05, 3.63) is 88.0 Å². The molecule has 3 aromatic rings. The van der Waals surface area contributed by atoms with Gasteiger partial charge in [0, 0.05) is 50.7 Å². The Bertz CT molecular complexity index is 1090. The van der Waals surface area contributed by atoms with E-state index in [1.54, 1.807) is 0 Å². The van der Waals surface area contributed by atoms with E-state index < -0.39 is 0 Å². The molecule has 0 bridgehead atoms. The van der Waals surface area contributed by atoms with Crippen molar-refractivity contribution < 1.29 is 9.53 Å². The number of morpholine rings is 1. The van der Waals surface area contributed by atoms with Gasteiger partial charge in [-0.3, -0.25) is 9.69 Å². The Kier molecular flexibility index (Phi) is 7.80. The summed E-state index contributed by atoms with van der Waals surface area (Å²) in [5.74, 6) is 0.951. The smallest absolute Gasteiger partial charge is 0.254 e. The Labute approximate surface area is 203 Å². The highest BCUT2D eigenvalue weighted by Crippen LogP contribution is 2.19. The van der Waals surface area contributed by atoms with Gasteiger partial charge in [0.2, 0.25) is 0 Å². The number of nitrogens with zero attached hydrogens (tertiary/aromatic N) is 4. The first kappa shape index (κ1) is 24.2. The maximum atomic E-state index is 13.5. The summed E-state index contributed by atoms with van der Waals surface area (Å²) in [6, 6.07) is 12.3. The van der Waals surface area contributed by atoms with Gasteiger partial charge in [-0.1, -0.05) is 35.4 Å². The van der Waals surface area contributed by atoms with E-state index in [0.717, 1.165) is 56.3 Å². The summed E-state index contributed by atoms with van der Waals surface area (Å²) in [5, 5.41) is 0. The molecule has 0 saturated carbocycles. The summed E-state index contributed by atoms with van der Waals surface area (Å²) in [7, 11) is 0. The first-order valence-corrected chi connectivity index (χ1v) is 12.1. The van der Waals surface area contributed by atoms with Crippen LogP contribution in [0.3, 0.4) is 0 Å². The van der Waals surface area contributed by atoms with Gasteiger partial charge in [-0.15, -0.1) is 0 Å². The molecule has 1 aliphatic rings. The molecular formula is C28H36N4O2. The number of carbonyl (C=O) groups is 1. The number of aryl methyl sites for hydroxylation is 4. The average Bonchev–Trinajstić information content (AvgIpc) is 3.26. The van der Waals surface area contributed by atoms with Gasteiger partial charge in [0.1, 0.15) is 5.82 Å². The van der Waals surface area contributed by atoms with Gasteiger partial charge in [-0.05, 0) is 56.5 Å². The van der Waals surface area contributed by atoms with Gasteiger partial charge in [-0.25, -0.2) is 4.98 Å². The molecule has 2 aromatic carbocycles. The third-order valence-corrected chi connectivity index (χ3v) is 6.68. The quantitative estimate of drug-likeness (QED) is 0.507. The predicted octanol–water partition coefficient (Wildman–Crippen LogP) is 4.14. The van der Waals surface area contributed by atoms with E-state index in [1.807, 2.05) is 48.5 Å². The van der Waals surface area contributed by atoms with Crippen molar-refractivity contribution in [2.75, 3.05) is 39.4 Å². The molecule has 180 valence electrons. The van der Waals surface area contributed by atoms with Gasteiger partial charge < -0.3 is 14.2 Å². The molecule has 1 amide bonds. The summed E-state index contributed by atoms with van der Waals surface area (Å²) in [5.41, 5.74) is 7.04. The molecule has 0 radical (unpaired) electrons. The molecule has 1 fully saturated rings. The first-order chi connectivity index (χ1) is 16.4. The fourth-order valence-electron chi connectivity index (χ4n) is 4.65. The molecule has 4 rings (SSSR count). The molecule has 34 heavy (non-hydrogen) atoms. The van der Waals surface area contributed by atoms with E-state index in [9.17, 15) is 4.79 Å². The number of amides is 1. The molecular weight excluding hydrogens is 424 g/mol. The highest BCUT2D eigenvalue weighted by atomic mass is 16.5. The molecule has 2 heterocycles. The van der Waals surface area contributed by atoms with Crippen LogP contribution in [-0.4, -0.2) is 64.7 Å². The van der Waals surface area contributed by atoms with E-state index in [0.29, 0.717) is 13.1 Å². The number of aromatic nitrogens is 2. The summed E-state index contributed by atoms with van der Waals surface area (Å²) in [6.45, 7) is 14.6. The van der Waals surface area contributed by atoms with Crippen LogP contribution in [0.5, 0.6) is 0 Å². The Balaban J connectivity index is 1.54. The van der Waals surface area contributed by atoms with Crippen LogP contribution in [0.15, 0.2) is 48.8 Å². The second kappa shape index (κ2) is 11.0. The van der Waals surface area contributed by atoms with Gasteiger partial charge in [0.25, 0.3) is 5.91 Å². The van der Waals surface area contributed by atoms with Gasteiger partial charge in [-0.2, -0.15) is 0 Å². The minimum absolute atomic E-state index is 0.0468. The molecule has 0 aliphatic carbocycles. The van der Waals surface area contributed by atoms with Crippen LogP contribution < -0.4 is 0 Å². The summed E-state index contributed by atoms with van der Waals surface area (Å²) in [4.78, 5) is 22.5. The summed E-state index contributed by atoms with van der Waals surface area (Å²) in [6.07, 6.45) is 3.86. The lowest BCUT2D eigenvalue weighted by Crippen LogP contribution is -2.43. The zero-order valence-electron chi connectivity index (χ0n) is 20.9. The monoisotopic (exact) mass is 460 g/mol. The van der Waals surface area contributed by atoms with Crippen LogP contribution in [-0.2, 0) is 17.8 Å². The zero-order valence-corrected chi connectivity index (χ0v) is 20.9. The standard InChI is InChI=1S/C28H36N4O2/c1-21-5-7-25(8-6-21)28(33)32(12-11-30-13-15-34-16-14-30)20-27-29-9-10-31(27)19-26-23(3)17-22(2)18-24(26)4/h5-10,17-18H,11-16,19-20H2,1-4H3. The molecule has 0 spiro atoms. The lowest BCUT2D eigenvalue weighted by molar-refractivity contribution is 0.0318. The maximum absolute atomic E-state index is 13.5. The minimum Gasteiger partial charge on any atom is -0.379 e. The molecule has 1 saturated heterocycles. The second-order valence-corrected chi connectivity index (χ2v) is 9.40. The second-order valence-electron chi connectivity index (χ2n) is 9.40. The Morgan fingerprint density at radius 1 is 1.00 bits per heavy atom. The number of hydrogen-bond donors (Lipinski definition) is 0. The number of ether oxygens (including phenoxy) is 1. The molecule has 1 aliphatic heterocycles. The SMILES string of the molecule is Cc1ccc(C(=O)N(CCN2CCOCC2)Cc2nccn2Cc2c(C)cc(C)cc2C)cc1. The number of imidazole rings is 1. The fourth-order valence-corrected chi connectivity index (χ4v) is 4.65. The number of benzene rings is 2. The van der Waals surface area contributed by atoms with Gasteiger partial charge in [0.05, 0.1) is 19.8 Å². The highest BCUT2D eigenvalue weighted by molar-refractivity contribution is 5.94. The maximum Gasteiger partial charge on any atom is 0.254 e. The van der Waals surface area contributed by atoms with Gasteiger partial charge in [0.15, 0.2) is 0 Å². The lowest BCUT2D eigenvalue weighted by Gasteiger charge is -2.30. The molecule has 6 heteroatoms. The van der Waals surface area contributed by atoms with Crippen molar-refractivity contribution in [3.8, 4) is 0 Å². The Morgan fingerprint density at radius 3 is 2.35 bits per heavy atom. The van der Waals surface area contributed by atoms with Crippen molar-refractivity contribution in [1.29, 1.82) is 0 Å². The van der Waals surface area contributed by atoms with Crippen molar-refractivity contribution in [2.45, 2.75) is 40.8 Å². The van der Waals surface area contributed by atoms with E-state index in [2.05, 4.69) is 47.4 Å². The van der Waals surface area contributed by atoms with Crippen LogP contribution in [0.4, 0.5) is 0 Å². The van der Waals surface area contributed by atoms with Crippen molar-refractivity contribution in [2.24, 2.45) is 0 Å². The molecule has 6 nitrogen and oxygen atoms in total. The number of carbonyl (C=O) groups excluding carboxylic acids is 1. The molecule has 0 unspecified atom stereocenters. The molecule has 0 atom stereocenters. The van der Waals surface area contributed by atoms with Crippen LogP contribution in [0.2, 0.25) is 0 Å². The fraction of sp³-hybridized carbons (Fsp3) is 0.429. The predicted molar refractivity (Wildman–Crippen MR) is 135 cm³/mol. The van der Waals surface area contributed by atoms with Crippen LogP contribution in [0, 0.1) is 27.7 Å². The van der Waals surface area contributed by atoms with Crippen molar-refractivity contribution in [3.63, 3.8) is 0 Å². The lowest BCUT2D eigenvalue weighted by atomic mass is 10.00. The first-order valence-electron chi connectivity index (χ1n) is 12.1. The average molecular weight is 461 g/mol.